The second-order valence-corrected chi connectivity index (χ2v) is 8.27. The number of carbonyl (C=O) groups excluding carboxylic acids is 2. The maximum atomic E-state index is 13.1. The zero-order valence-corrected chi connectivity index (χ0v) is 18.6. The number of para-hydroxylation sites is 1. The lowest BCUT2D eigenvalue weighted by Crippen LogP contribution is -2.38. The van der Waals surface area contributed by atoms with E-state index in [4.69, 9.17) is 0 Å². The first-order valence-electron chi connectivity index (χ1n) is 11.1. The van der Waals surface area contributed by atoms with Gasteiger partial charge in [0.2, 0.25) is 0 Å². The number of carbonyl (C=O) groups is 2. The quantitative estimate of drug-likeness (QED) is 0.272. The zero-order valence-electron chi connectivity index (χ0n) is 18.6. The van der Waals surface area contributed by atoms with Crippen molar-refractivity contribution in [2.75, 3.05) is 5.32 Å². The van der Waals surface area contributed by atoms with E-state index < -0.39 is 18.0 Å². The summed E-state index contributed by atoms with van der Waals surface area (Å²) in [7, 11) is 0. The van der Waals surface area contributed by atoms with Crippen molar-refractivity contribution >= 4 is 17.6 Å². The lowest BCUT2D eigenvalue weighted by Gasteiger charge is -2.30. The molecule has 0 spiro atoms. The first kappa shape index (κ1) is 22.0. The smallest absolute Gasteiger partial charge is 0.320 e. The Kier molecular flexibility index (Phi) is 5.81. The fourth-order valence-corrected chi connectivity index (χ4v) is 4.34. The van der Waals surface area contributed by atoms with E-state index in [-0.39, 0.29) is 23.1 Å². The van der Waals surface area contributed by atoms with Crippen LogP contribution < -0.4 is 16.0 Å². The standard InChI is InChI=1S/C28H23N3O4/c32-23-14-8-7-13-19(23)27(34)30-26(18-11-5-2-6-12-18)21-15-22-20(16-24(21)33)25(31-28(35)29-22)17-9-3-1-4-10-17/h1-16,25-26,32-33H,(H,30,34)(H2,29,31,35). The van der Waals surface area contributed by atoms with Crippen LogP contribution in [0.15, 0.2) is 97.1 Å². The van der Waals surface area contributed by atoms with Crippen LogP contribution in [-0.4, -0.2) is 22.2 Å². The van der Waals surface area contributed by atoms with Crippen molar-refractivity contribution < 1.29 is 19.8 Å². The Morgan fingerprint density at radius 2 is 1.49 bits per heavy atom. The van der Waals surface area contributed by atoms with Crippen LogP contribution >= 0.6 is 0 Å². The second-order valence-electron chi connectivity index (χ2n) is 8.27. The van der Waals surface area contributed by atoms with E-state index in [2.05, 4.69) is 16.0 Å². The number of hydrogen-bond donors (Lipinski definition) is 5. The summed E-state index contributed by atoms with van der Waals surface area (Å²) in [5, 5.41) is 29.9. The van der Waals surface area contributed by atoms with E-state index in [1.165, 1.54) is 12.1 Å². The van der Waals surface area contributed by atoms with Crippen LogP contribution in [0, 0.1) is 0 Å². The summed E-state index contributed by atoms with van der Waals surface area (Å²) in [4.78, 5) is 25.5. The summed E-state index contributed by atoms with van der Waals surface area (Å²) in [6.07, 6.45) is 0. The van der Waals surface area contributed by atoms with E-state index in [1.807, 2.05) is 60.7 Å². The maximum Gasteiger partial charge on any atom is 0.320 e. The van der Waals surface area contributed by atoms with Crippen molar-refractivity contribution in [2.45, 2.75) is 12.1 Å². The molecular formula is C28H23N3O4. The van der Waals surface area contributed by atoms with Crippen LogP contribution in [-0.2, 0) is 0 Å². The maximum absolute atomic E-state index is 13.1. The molecule has 174 valence electrons. The zero-order chi connectivity index (χ0) is 24.4. The van der Waals surface area contributed by atoms with Crippen molar-refractivity contribution in [3.63, 3.8) is 0 Å². The predicted octanol–water partition coefficient (Wildman–Crippen LogP) is 4.84. The Morgan fingerprint density at radius 3 is 2.20 bits per heavy atom. The SMILES string of the molecule is O=C1Nc2cc(C(NC(=O)c3ccccc3O)c3ccccc3)c(O)cc2C(c2ccccc2)N1. The highest BCUT2D eigenvalue weighted by molar-refractivity contribution is 5.97. The van der Waals surface area contributed by atoms with Gasteiger partial charge in [-0.25, -0.2) is 4.79 Å². The fourth-order valence-electron chi connectivity index (χ4n) is 4.34. The Labute approximate surface area is 202 Å². The van der Waals surface area contributed by atoms with Gasteiger partial charge in [-0.15, -0.1) is 0 Å². The van der Waals surface area contributed by atoms with Gasteiger partial charge in [-0.3, -0.25) is 4.79 Å². The Balaban J connectivity index is 1.58. The molecule has 2 atom stereocenters. The largest absolute Gasteiger partial charge is 0.508 e. The highest BCUT2D eigenvalue weighted by Gasteiger charge is 2.29. The number of hydrogen-bond acceptors (Lipinski definition) is 4. The van der Waals surface area contributed by atoms with E-state index in [0.29, 0.717) is 16.8 Å². The molecule has 0 bridgehead atoms. The molecule has 0 saturated carbocycles. The predicted molar refractivity (Wildman–Crippen MR) is 132 cm³/mol. The molecule has 1 aliphatic heterocycles. The average molecular weight is 466 g/mol. The molecule has 0 aliphatic carbocycles. The minimum atomic E-state index is -0.740. The Hall–Kier alpha value is -4.78. The van der Waals surface area contributed by atoms with E-state index in [0.717, 1.165) is 11.1 Å². The molecule has 2 unspecified atom stereocenters. The highest BCUT2D eigenvalue weighted by atomic mass is 16.3. The normalized spacial score (nSPS) is 15.3. The number of phenols is 2. The minimum Gasteiger partial charge on any atom is -0.508 e. The summed E-state index contributed by atoms with van der Waals surface area (Å²) < 4.78 is 0. The number of urea groups is 1. The molecule has 5 N–H and O–H groups in total. The van der Waals surface area contributed by atoms with Crippen LogP contribution in [0.3, 0.4) is 0 Å². The van der Waals surface area contributed by atoms with Gasteiger partial charge >= 0.3 is 6.03 Å². The molecule has 4 aromatic rings. The molecule has 0 radical (unpaired) electrons. The molecule has 7 heteroatoms. The average Bonchev–Trinajstić information content (AvgIpc) is 2.88. The number of benzene rings is 4. The van der Waals surface area contributed by atoms with Crippen molar-refractivity contribution in [3.05, 3.63) is 125 Å². The van der Waals surface area contributed by atoms with Gasteiger partial charge in [-0.2, -0.15) is 0 Å². The molecule has 1 aliphatic rings. The summed E-state index contributed by atoms with van der Waals surface area (Å²) >= 11 is 0. The number of amides is 3. The fraction of sp³-hybridized carbons (Fsp3) is 0.0714. The van der Waals surface area contributed by atoms with E-state index in [1.54, 1.807) is 24.3 Å². The molecule has 0 aromatic heterocycles. The summed E-state index contributed by atoms with van der Waals surface area (Å²) in [6, 6.07) is 26.7. The molecular weight excluding hydrogens is 442 g/mol. The number of anilines is 1. The van der Waals surface area contributed by atoms with Gasteiger partial charge in [0.25, 0.3) is 5.91 Å². The van der Waals surface area contributed by atoms with E-state index >= 15 is 0 Å². The number of fused-ring (bicyclic) bond motifs is 1. The van der Waals surface area contributed by atoms with Crippen LogP contribution in [0.1, 0.15) is 44.7 Å². The second kappa shape index (κ2) is 9.23. The van der Waals surface area contributed by atoms with Crippen LogP contribution in [0.25, 0.3) is 0 Å². The molecule has 7 nitrogen and oxygen atoms in total. The summed E-state index contributed by atoms with van der Waals surface area (Å²) in [6.45, 7) is 0. The van der Waals surface area contributed by atoms with E-state index in [9.17, 15) is 19.8 Å². The van der Waals surface area contributed by atoms with Crippen LogP contribution in [0.4, 0.5) is 10.5 Å². The lowest BCUT2D eigenvalue weighted by molar-refractivity contribution is 0.0940. The molecule has 3 amide bonds. The highest BCUT2D eigenvalue weighted by Crippen LogP contribution is 2.40. The molecule has 0 saturated heterocycles. The monoisotopic (exact) mass is 465 g/mol. The summed E-state index contributed by atoms with van der Waals surface area (Å²) in [5.41, 5.74) is 3.37. The lowest BCUT2D eigenvalue weighted by atomic mass is 9.90. The third-order valence-corrected chi connectivity index (χ3v) is 6.03. The number of nitrogens with one attached hydrogen (secondary N) is 3. The van der Waals surface area contributed by atoms with Gasteiger partial charge in [0, 0.05) is 16.8 Å². The van der Waals surface area contributed by atoms with Crippen molar-refractivity contribution in [3.8, 4) is 11.5 Å². The number of aromatic hydroxyl groups is 2. The van der Waals surface area contributed by atoms with Gasteiger partial charge < -0.3 is 26.2 Å². The number of phenolic OH excluding ortho intramolecular Hbond substituents is 2. The van der Waals surface area contributed by atoms with Gasteiger partial charge in [-0.1, -0.05) is 72.8 Å². The molecule has 0 fully saturated rings. The van der Waals surface area contributed by atoms with Crippen LogP contribution in [0.2, 0.25) is 0 Å². The van der Waals surface area contributed by atoms with Crippen molar-refractivity contribution in [1.82, 2.24) is 10.6 Å². The first-order chi connectivity index (χ1) is 17.0. The molecule has 1 heterocycles. The van der Waals surface area contributed by atoms with Gasteiger partial charge in [-0.05, 0) is 35.4 Å². The van der Waals surface area contributed by atoms with Gasteiger partial charge in [0.1, 0.15) is 11.5 Å². The Bertz CT molecular complexity index is 1390. The van der Waals surface area contributed by atoms with Crippen molar-refractivity contribution in [1.29, 1.82) is 0 Å². The first-order valence-corrected chi connectivity index (χ1v) is 11.1. The third kappa shape index (κ3) is 4.39. The summed E-state index contributed by atoms with van der Waals surface area (Å²) in [5.74, 6) is -0.675. The van der Waals surface area contributed by atoms with Gasteiger partial charge in [0.15, 0.2) is 0 Å². The minimum absolute atomic E-state index is 0.0333. The molecule has 35 heavy (non-hydrogen) atoms. The van der Waals surface area contributed by atoms with Gasteiger partial charge in [0.05, 0.1) is 17.6 Å². The van der Waals surface area contributed by atoms with Crippen molar-refractivity contribution in [2.24, 2.45) is 0 Å². The van der Waals surface area contributed by atoms with Crippen LogP contribution in [0.5, 0.6) is 11.5 Å². The molecule has 5 rings (SSSR count). The Morgan fingerprint density at radius 1 is 0.829 bits per heavy atom. The third-order valence-electron chi connectivity index (χ3n) is 6.03. The molecule has 4 aromatic carbocycles. The number of rotatable bonds is 5. The topological polar surface area (TPSA) is 111 Å².